The Morgan fingerprint density at radius 1 is 1.04 bits per heavy atom. The standard InChI is InChI=1S/C20H21N5OS/c1-14-17(20(26)25(24(14)3)16-7-5-4-6-8-16)13-23(2)12-15-9-10-18-19(11-15)22-27-21-18/h4-11H,12-13H2,1-3H3. The number of hydrogen-bond donors (Lipinski definition) is 0. The number of fused-ring (bicyclic) bond motifs is 1. The summed E-state index contributed by atoms with van der Waals surface area (Å²) in [6.07, 6.45) is 0. The first-order valence-electron chi connectivity index (χ1n) is 8.77. The summed E-state index contributed by atoms with van der Waals surface area (Å²) >= 11 is 1.23. The number of nitrogens with zero attached hydrogens (tertiary/aromatic N) is 5. The molecule has 0 aliphatic heterocycles. The van der Waals surface area contributed by atoms with E-state index < -0.39 is 0 Å². The van der Waals surface area contributed by atoms with Crippen molar-refractivity contribution in [1.82, 2.24) is 23.0 Å². The van der Waals surface area contributed by atoms with Gasteiger partial charge in [-0.25, -0.2) is 4.68 Å². The van der Waals surface area contributed by atoms with Crippen LogP contribution in [0.2, 0.25) is 0 Å². The van der Waals surface area contributed by atoms with E-state index in [9.17, 15) is 4.79 Å². The quantitative estimate of drug-likeness (QED) is 0.535. The normalized spacial score (nSPS) is 11.6. The van der Waals surface area contributed by atoms with Gasteiger partial charge in [-0.3, -0.25) is 14.4 Å². The Morgan fingerprint density at radius 2 is 1.78 bits per heavy atom. The third-order valence-corrected chi connectivity index (χ3v) is 5.43. The Morgan fingerprint density at radius 3 is 2.56 bits per heavy atom. The highest BCUT2D eigenvalue weighted by molar-refractivity contribution is 7.00. The van der Waals surface area contributed by atoms with E-state index >= 15 is 0 Å². The fourth-order valence-electron chi connectivity index (χ4n) is 3.37. The first-order chi connectivity index (χ1) is 13.0. The van der Waals surface area contributed by atoms with Gasteiger partial charge in [0.05, 0.1) is 23.0 Å². The van der Waals surface area contributed by atoms with E-state index in [1.165, 1.54) is 11.7 Å². The number of rotatable bonds is 5. The van der Waals surface area contributed by atoms with Crippen LogP contribution in [0.15, 0.2) is 53.3 Å². The van der Waals surface area contributed by atoms with Crippen LogP contribution < -0.4 is 5.56 Å². The monoisotopic (exact) mass is 379 g/mol. The minimum atomic E-state index is 0.0344. The van der Waals surface area contributed by atoms with Crippen molar-refractivity contribution in [2.24, 2.45) is 7.05 Å². The number of aromatic nitrogens is 4. The Labute approximate surface area is 161 Å². The Hall–Kier alpha value is -2.77. The molecule has 2 heterocycles. The lowest BCUT2D eigenvalue weighted by Crippen LogP contribution is -2.25. The van der Waals surface area contributed by atoms with E-state index in [1.807, 2.05) is 62.1 Å². The largest absolute Gasteiger partial charge is 0.298 e. The molecule has 0 aliphatic carbocycles. The Kier molecular flexibility index (Phi) is 4.63. The average Bonchev–Trinajstić information content (AvgIpc) is 3.21. The summed E-state index contributed by atoms with van der Waals surface area (Å²) in [4.78, 5) is 15.2. The van der Waals surface area contributed by atoms with E-state index in [2.05, 4.69) is 25.8 Å². The first-order valence-corrected chi connectivity index (χ1v) is 9.50. The molecule has 0 fully saturated rings. The van der Waals surface area contributed by atoms with Crippen LogP contribution in [0.5, 0.6) is 0 Å². The van der Waals surface area contributed by atoms with Crippen LogP contribution in [0.4, 0.5) is 0 Å². The smallest absolute Gasteiger partial charge is 0.276 e. The molecule has 0 aliphatic rings. The van der Waals surface area contributed by atoms with Gasteiger partial charge in [0.2, 0.25) is 0 Å². The molecular formula is C20H21N5OS. The predicted octanol–water partition coefficient (Wildman–Crippen LogP) is 3.12. The molecule has 0 N–H and O–H groups in total. The summed E-state index contributed by atoms with van der Waals surface area (Å²) in [5.41, 5.74) is 5.73. The van der Waals surface area contributed by atoms with Crippen molar-refractivity contribution < 1.29 is 0 Å². The van der Waals surface area contributed by atoms with Crippen LogP contribution in [0, 0.1) is 6.92 Å². The van der Waals surface area contributed by atoms with Crippen molar-refractivity contribution in [2.45, 2.75) is 20.0 Å². The van der Waals surface area contributed by atoms with Gasteiger partial charge in [0, 0.05) is 25.8 Å². The first kappa shape index (κ1) is 17.6. The van der Waals surface area contributed by atoms with Gasteiger partial charge in [-0.2, -0.15) is 8.75 Å². The molecule has 0 saturated carbocycles. The molecule has 0 radical (unpaired) electrons. The molecule has 0 spiro atoms. The van der Waals surface area contributed by atoms with E-state index in [0.29, 0.717) is 6.54 Å². The second kappa shape index (κ2) is 7.09. The molecule has 0 saturated heterocycles. The minimum absolute atomic E-state index is 0.0344. The molecular weight excluding hydrogens is 358 g/mol. The van der Waals surface area contributed by atoms with Crippen molar-refractivity contribution in [2.75, 3.05) is 7.05 Å². The number of para-hydroxylation sites is 1. The SMILES string of the molecule is Cc1c(CN(C)Cc2ccc3nsnc3c2)c(=O)n(-c2ccccc2)n1C. The van der Waals surface area contributed by atoms with E-state index in [0.717, 1.165) is 40.1 Å². The zero-order valence-electron chi connectivity index (χ0n) is 15.6. The maximum Gasteiger partial charge on any atom is 0.276 e. The van der Waals surface area contributed by atoms with Gasteiger partial charge in [-0.1, -0.05) is 24.3 Å². The van der Waals surface area contributed by atoms with Crippen LogP contribution >= 0.6 is 11.7 Å². The fraction of sp³-hybridized carbons (Fsp3) is 0.250. The molecule has 6 nitrogen and oxygen atoms in total. The lowest BCUT2D eigenvalue weighted by atomic mass is 10.1. The van der Waals surface area contributed by atoms with Crippen LogP contribution in [-0.4, -0.2) is 30.1 Å². The molecule has 0 bridgehead atoms. The summed E-state index contributed by atoms with van der Waals surface area (Å²) in [7, 11) is 3.96. The fourth-order valence-corrected chi connectivity index (χ4v) is 3.89. The second-order valence-corrected chi connectivity index (χ2v) is 7.33. The molecule has 2 aromatic heterocycles. The van der Waals surface area contributed by atoms with Crippen molar-refractivity contribution in [1.29, 1.82) is 0 Å². The molecule has 0 amide bonds. The van der Waals surface area contributed by atoms with Gasteiger partial charge < -0.3 is 0 Å². The molecule has 27 heavy (non-hydrogen) atoms. The molecule has 4 aromatic rings. The lowest BCUT2D eigenvalue weighted by Gasteiger charge is -2.16. The van der Waals surface area contributed by atoms with E-state index in [1.54, 1.807) is 4.68 Å². The van der Waals surface area contributed by atoms with Crippen LogP contribution in [0.1, 0.15) is 16.8 Å². The van der Waals surface area contributed by atoms with Gasteiger partial charge in [0.25, 0.3) is 5.56 Å². The van der Waals surface area contributed by atoms with Crippen molar-refractivity contribution >= 4 is 22.8 Å². The number of hydrogen-bond acceptors (Lipinski definition) is 5. The minimum Gasteiger partial charge on any atom is -0.298 e. The average molecular weight is 379 g/mol. The Bertz CT molecular complexity index is 1140. The van der Waals surface area contributed by atoms with Crippen LogP contribution in [-0.2, 0) is 20.1 Å². The van der Waals surface area contributed by atoms with E-state index in [-0.39, 0.29) is 5.56 Å². The summed E-state index contributed by atoms with van der Waals surface area (Å²) < 4.78 is 12.2. The van der Waals surface area contributed by atoms with Crippen molar-refractivity contribution in [3.8, 4) is 5.69 Å². The summed E-state index contributed by atoms with van der Waals surface area (Å²) in [6, 6.07) is 15.9. The lowest BCUT2D eigenvalue weighted by molar-refractivity contribution is 0.317. The van der Waals surface area contributed by atoms with E-state index in [4.69, 9.17) is 0 Å². The van der Waals surface area contributed by atoms with Crippen LogP contribution in [0.3, 0.4) is 0 Å². The Balaban J connectivity index is 1.59. The zero-order valence-corrected chi connectivity index (χ0v) is 16.4. The van der Waals surface area contributed by atoms with Crippen molar-refractivity contribution in [3.63, 3.8) is 0 Å². The summed E-state index contributed by atoms with van der Waals surface area (Å²) in [5.74, 6) is 0. The maximum atomic E-state index is 13.0. The third kappa shape index (κ3) is 3.31. The van der Waals surface area contributed by atoms with Gasteiger partial charge >= 0.3 is 0 Å². The van der Waals surface area contributed by atoms with Crippen LogP contribution in [0.25, 0.3) is 16.7 Å². The van der Waals surface area contributed by atoms with Gasteiger partial charge in [0.15, 0.2) is 0 Å². The van der Waals surface area contributed by atoms with Gasteiger partial charge in [0.1, 0.15) is 11.0 Å². The highest BCUT2D eigenvalue weighted by atomic mass is 32.1. The maximum absolute atomic E-state index is 13.0. The highest BCUT2D eigenvalue weighted by Gasteiger charge is 2.17. The molecule has 0 unspecified atom stereocenters. The molecule has 0 atom stereocenters. The van der Waals surface area contributed by atoms with Gasteiger partial charge in [-0.15, -0.1) is 0 Å². The second-order valence-electron chi connectivity index (χ2n) is 6.80. The molecule has 2 aromatic carbocycles. The summed E-state index contributed by atoms with van der Waals surface area (Å²) in [6.45, 7) is 3.33. The third-order valence-electron chi connectivity index (χ3n) is 4.87. The molecule has 7 heteroatoms. The highest BCUT2D eigenvalue weighted by Crippen LogP contribution is 2.16. The molecule has 138 valence electrons. The number of benzene rings is 2. The summed E-state index contributed by atoms with van der Waals surface area (Å²) in [5, 5.41) is 0. The topological polar surface area (TPSA) is 56.0 Å². The molecule has 4 rings (SSSR count). The predicted molar refractivity (Wildman–Crippen MR) is 108 cm³/mol. The van der Waals surface area contributed by atoms with Crippen molar-refractivity contribution in [3.05, 3.63) is 75.7 Å². The zero-order chi connectivity index (χ0) is 19.0. The van der Waals surface area contributed by atoms with Gasteiger partial charge in [-0.05, 0) is 43.8 Å².